The highest BCUT2D eigenvalue weighted by Gasteiger charge is 2.22. The Kier molecular flexibility index (Phi) is 5.70. The number of alkyl halides is 1. The van der Waals surface area contributed by atoms with Crippen molar-refractivity contribution in [1.82, 2.24) is 0 Å². The highest BCUT2D eigenvalue weighted by Crippen LogP contribution is 2.25. The minimum absolute atomic E-state index is 0.268. The summed E-state index contributed by atoms with van der Waals surface area (Å²) in [6.45, 7) is 0.802. The summed E-state index contributed by atoms with van der Waals surface area (Å²) in [7, 11) is 0.500. The zero-order valence-corrected chi connectivity index (χ0v) is 8.72. The molecule has 7 heteroatoms. The van der Waals surface area contributed by atoms with E-state index in [9.17, 15) is 30.7 Å². The second-order valence-electron chi connectivity index (χ2n) is 2.73. The Bertz CT molecular complexity index is 404. The van der Waals surface area contributed by atoms with Crippen LogP contribution in [-0.2, 0) is 0 Å². The smallest absolute Gasteiger partial charge is 0.255 e. The van der Waals surface area contributed by atoms with Crippen LogP contribution in [0.5, 0.6) is 0 Å². The van der Waals surface area contributed by atoms with Crippen molar-refractivity contribution in [2.24, 2.45) is 0 Å². The van der Waals surface area contributed by atoms with Gasteiger partial charge in [0.2, 0.25) is 0 Å². The summed E-state index contributed by atoms with van der Waals surface area (Å²) in [6, 6.07) is 0. The van der Waals surface area contributed by atoms with Crippen molar-refractivity contribution in [1.29, 1.82) is 0 Å². The Labute approximate surface area is 92.4 Å². The summed E-state index contributed by atoms with van der Waals surface area (Å²) < 4.78 is 84.4. The van der Waals surface area contributed by atoms with E-state index in [1.807, 2.05) is 0 Å². The summed E-state index contributed by atoms with van der Waals surface area (Å²) in [5.41, 5.74) is -2.31. The van der Waals surface area contributed by atoms with Gasteiger partial charge in [-0.15, -0.1) is 0 Å². The summed E-state index contributed by atoms with van der Waals surface area (Å²) in [5, 5.41) is 0. The van der Waals surface area contributed by atoms with Crippen LogP contribution in [-0.4, -0.2) is 7.18 Å². The quantitative estimate of drug-likeness (QED) is 0.519. The van der Waals surface area contributed by atoms with Gasteiger partial charge < -0.3 is 0 Å². The molecule has 0 aliphatic heterocycles. The Hall–Kier alpha value is -1.53. The number of halogens is 7. The van der Waals surface area contributed by atoms with Crippen LogP contribution >= 0.6 is 0 Å². The monoisotopic (exact) mass is 260 g/mol. The fourth-order valence-electron chi connectivity index (χ4n) is 0.994. The molecule has 0 aromatic heterocycles. The molecule has 0 aliphatic rings. The van der Waals surface area contributed by atoms with Crippen LogP contribution in [0.1, 0.15) is 11.1 Å². The lowest BCUT2D eigenvalue weighted by Crippen LogP contribution is -2.02. The molecule has 0 spiro atoms. The average Bonchev–Trinajstić information content (AvgIpc) is 2.32. The largest absolute Gasteiger partial charge is 0.271 e. The Morgan fingerprint density at radius 3 is 1.47 bits per heavy atom. The first kappa shape index (κ1) is 15.5. The maximum Gasteiger partial charge on any atom is 0.271 e. The highest BCUT2D eigenvalue weighted by atomic mass is 19.3. The fraction of sp³-hybridized carbons (Fsp3) is 0.200. The van der Waals surface area contributed by atoms with Crippen LogP contribution in [0, 0.1) is 30.2 Å². The number of hydrogen-bond donors (Lipinski definition) is 0. The van der Waals surface area contributed by atoms with Crippen molar-refractivity contribution in [3.63, 3.8) is 0 Å². The van der Waals surface area contributed by atoms with E-state index in [-0.39, 0.29) is 6.08 Å². The van der Waals surface area contributed by atoms with Gasteiger partial charge >= 0.3 is 0 Å². The molecular formula is C10H7F7. The van der Waals surface area contributed by atoms with Crippen LogP contribution < -0.4 is 0 Å². The summed E-state index contributed by atoms with van der Waals surface area (Å²) in [6.07, 6.45) is -2.72. The average molecular weight is 260 g/mol. The molecule has 0 atom stereocenters. The molecule has 0 unspecified atom stereocenters. The lowest BCUT2D eigenvalue weighted by Gasteiger charge is -2.05. The molecule has 0 aliphatic carbocycles. The fourth-order valence-corrected chi connectivity index (χ4v) is 0.994. The molecule has 1 aromatic carbocycles. The van der Waals surface area contributed by atoms with Gasteiger partial charge in [0.05, 0.1) is 12.7 Å². The number of hydrogen-bond acceptors (Lipinski definition) is 0. The summed E-state index contributed by atoms with van der Waals surface area (Å²) >= 11 is 0. The van der Waals surface area contributed by atoms with Gasteiger partial charge in [0, 0.05) is 11.6 Å². The van der Waals surface area contributed by atoms with E-state index in [1.165, 1.54) is 0 Å². The van der Waals surface area contributed by atoms with Crippen LogP contribution in [0.3, 0.4) is 0 Å². The first-order chi connectivity index (χ1) is 7.86. The molecule has 0 bridgehead atoms. The number of benzene rings is 1. The van der Waals surface area contributed by atoms with E-state index in [4.69, 9.17) is 0 Å². The van der Waals surface area contributed by atoms with Crippen molar-refractivity contribution in [2.75, 3.05) is 7.18 Å². The molecule has 0 nitrogen and oxygen atoms in total. The van der Waals surface area contributed by atoms with Gasteiger partial charge in [-0.3, -0.25) is 4.39 Å². The molecule has 17 heavy (non-hydrogen) atoms. The normalized spacial score (nSPS) is 9.47. The first-order valence-electron chi connectivity index (χ1n) is 4.09. The molecule has 0 heterocycles. The third kappa shape index (κ3) is 3.21. The summed E-state index contributed by atoms with van der Waals surface area (Å²) in [4.78, 5) is 0. The van der Waals surface area contributed by atoms with Crippen LogP contribution in [0.2, 0.25) is 0 Å². The van der Waals surface area contributed by atoms with E-state index < -0.39 is 40.5 Å². The molecule has 0 radical (unpaired) electrons. The topological polar surface area (TPSA) is 0 Å². The van der Waals surface area contributed by atoms with Crippen LogP contribution in [0.25, 0.3) is 6.08 Å². The second kappa shape index (κ2) is 6.27. The molecule has 0 fully saturated rings. The summed E-state index contributed by atoms with van der Waals surface area (Å²) in [5.74, 6) is -7.03. The van der Waals surface area contributed by atoms with Gasteiger partial charge in [-0.25, -0.2) is 17.6 Å². The Balaban J connectivity index is 0.00000121. The minimum atomic E-state index is -2.45. The van der Waals surface area contributed by atoms with Crippen molar-refractivity contribution in [3.05, 3.63) is 40.5 Å². The van der Waals surface area contributed by atoms with Gasteiger partial charge in [0.1, 0.15) is 0 Å². The lowest BCUT2D eigenvalue weighted by atomic mass is 10.1. The third-order valence-electron chi connectivity index (χ3n) is 1.77. The Morgan fingerprint density at radius 2 is 1.18 bits per heavy atom. The van der Waals surface area contributed by atoms with E-state index in [1.54, 1.807) is 0 Å². The standard InChI is InChI=1S/C9H4F6.CH3F/c1-3-6(12)8(14)4(2-5(10)11)9(15)7(3)13;1-2/h2H,1H3;1H3. The SMILES string of the molecule is CF.Cc1c(F)c(F)c(C=C(F)F)c(F)c1F. The predicted octanol–water partition coefficient (Wildman–Crippen LogP) is 4.37. The Morgan fingerprint density at radius 1 is 0.824 bits per heavy atom. The van der Waals surface area contributed by atoms with Crippen molar-refractivity contribution in [3.8, 4) is 0 Å². The van der Waals surface area contributed by atoms with Gasteiger partial charge in [-0.1, -0.05) is 0 Å². The molecule has 0 saturated carbocycles. The minimum Gasteiger partial charge on any atom is -0.255 e. The van der Waals surface area contributed by atoms with Crippen molar-refractivity contribution >= 4 is 6.08 Å². The molecule has 1 rings (SSSR count). The molecule has 0 amide bonds. The van der Waals surface area contributed by atoms with Crippen LogP contribution in [0.15, 0.2) is 6.08 Å². The molecule has 1 aromatic rings. The highest BCUT2D eigenvalue weighted by molar-refractivity contribution is 5.52. The molecule has 96 valence electrons. The van der Waals surface area contributed by atoms with E-state index in [0.717, 1.165) is 6.92 Å². The van der Waals surface area contributed by atoms with Gasteiger partial charge in [-0.05, 0) is 6.92 Å². The molecule has 0 N–H and O–H groups in total. The zero-order chi connectivity index (χ0) is 13.7. The zero-order valence-electron chi connectivity index (χ0n) is 8.72. The van der Waals surface area contributed by atoms with E-state index in [2.05, 4.69) is 0 Å². The van der Waals surface area contributed by atoms with Crippen molar-refractivity contribution < 1.29 is 30.7 Å². The number of rotatable bonds is 1. The third-order valence-corrected chi connectivity index (χ3v) is 1.77. The van der Waals surface area contributed by atoms with Gasteiger partial charge in [0.25, 0.3) is 6.08 Å². The van der Waals surface area contributed by atoms with Crippen LogP contribution in [0.4, 0.5) is 30.7 Å². The lowest BCUT2D eigenvalue weighted by molar-refractivity contribution is 0.422. The maximum absolute atomic E-state index is 12.9. The van der Waals surface area contributed by atoms with E-state index in [0.29, 0.717) is 7.18 Å². The first-order valence-corrected chi connectivity index (χ1v) is 4.09. The second-order valence-corrected chi connectivity index (χ2v) is 2.73. The van der Waals surface area contributed by atoms with Gasteiger partial charge in [0.15, 0.2) is 23.3 Å². The van der Waals surface area contributed by atoms with Gasteiger partial charge in [-0.2, -0.15) is 8.78 Å². The molecule has 0 saturated heterocycles. The molecular weight excluding hydrogens is 253 g/mol. The van der Waals surface area contributed by atoms with E-state index >= 15 is 0 Å². The van der Waals surface area contributed by atoms with Crippen molar-refractivity contribution in [2.45, 2.75) is 6.92 Å². The maximum atomic E-state index is 12.9. The predicted molar refractivity (Wildman–Crippen MR) is 48.2 cm³/mol.